The number of benzene rings is 1. The summed E-state index contributed by atoms with van der Waals surface area (Å²) in [5.41, 5.74) is 1.90. The Hall–Kier alpha value is -3.07. The predicted molar refractivity (Wildman–Crippen MR) is 113 cm³/mol. The number of morpholine rings is 1. The van der Waals surface area contributed by atoms with E-state index in [1.165, 1.54) is 18.2 Å². The van der Waals surface area contributed by atoms with E-state index in [1.807, 2.05) is 34.1 Å². The second-order valence-electron chi connectivity index (χ2n) is 7.88. The molecule has 2 saturated heterocycles. The lowest BCUT2D eigenvalue weighted by Gasteiger charge is -2.37. The van der Waals surface area contributed by atoms with Gasteiger partial charge in [-0.05, 0) is 42.9 Å². The number of anilines is 1. The lowest BCUT2D eigenvalue weighted by Crippen LogP contribution is -2.50. The van der Waals surface area contributed by atoms with Crippen LogP contribution in [0.4, 0.5) is 15.3 Å². The van der Waals surface area contributed by atoms with E-state index >= 15 is 0 Å². The van der Waals surface area contributed by atoms with Crippen LogP contribution in [0.5, 0.6) is 0 Å². The summed E-state index contributed by atoms with van der Waals surface area (Å²) >= 11 is 0. The standard InChI is InChI=1S/C22H28N4O5/c27-21(30-15-20-14-23-16-31-20)24-19-3-1-17(2-4-19)13-18-5-7-25(8-6-18)22(28)26-9-11-29-12-10-26/h1-4,14,16,18H,5-13,15H2,(H,24,27). The molecule has 2 fully saturated rings. The summed E-state index contributed by atoms with van der Waals surface area (Å²) in [7, 11) is 0. The van der Waals surface area contributed by atoms with E-state index in [-0.39, 0.29) is 12.6 Å². The van der Waals surface area contributed by atoms with Crippen LogP contribution in [0.3, 0.4) is 0 Å². The number of rotatable bonds is 5. The molecule has 2 aromatic rings. The fourth-order valence-corrected chi connectivity index (χ4v) is 3.94. The molecule has 0 atom stereocenters. The molecule has 2 aliphatic heterocycles. The molecule has 0 unspecified atom stereocenters. The number of nitrogens with one attached hydrogen (secondary N) is 1. The van der Waals surface area contributed by atoms with Crippen molar-refractivity contribution in [3.8, 4) is 0 Å². The third-order valence-electron chi connectivity index (χ3n) is 5.72. The summed E-state index contributed by atoms with van der Waals surface area (Å²) in [4.78, 5) is 32.1. The molecule has 166 valence electrons. The van der Waals surface area contributed by atoms with Crippen LogP contribution in [0.1, 0.15) is 24.2 Å². The number of urea groups is 1. The van der Waals surface area contributed by atoms with Gasteiger partial charge in [0.15, 0.2) is 18.8 Å². The number of nitrogens with zero attached hydrogens (tertiary/aromatic N) is 3. The van der Waals surface area contributed by atoms with Gasteiger partial charge in [-0.3, -0.25) is 5.32 Å². The number of ether oxygens (including phenoxy) is 2. The lowest BCUT2D eigenvalue weighted by atomic mass is 9.90. The normalized spacial score (nSPS) is 17.4. The fourth-order valence-electron chi connectivity index (χ4n) is 3.94. The molecular weight excluding hydrogens is 400 g/mol. The van der Waals surface area contributed by atoms with Crippen molar-refractivity contribution in [1.82, 2.24) is 14.8 Å². The smallest absolute Gasteiger partial charge is 0.412 e. The maximum absolute atomic E-state index is 12.6. The second kappa shape index (κ2) is 10.3. The Balaban J connectivity index is 1.19. The predicted octanol–water partition coefficient (Wildman–Crippen LogP) is 3.13. The van der Waals surface area contributed by atoms with Crippen molar-refractivity contribution in [3.63, 3.8) is 0 Å². The van der Waals surface area contributed by atoms with E-state index in [2.05, 4.69) is 10.3 Å². The molecule has 9 heteroatoms. The Morgan fingerprint density at radius 2 is 1.77 bits per heavy atom. The van der Waals surface area contributed by atoms with E-state index < -0.39 is 6.09 Å². The van der Waals surface area contributed by atoms with Gasteiger partial charge in [-0.1, -0.05) is 12.1 Å². The zero-order valence-electron chi connectivity index (χ0n) is 17.5. The number of hydrogen-bond acceptors (Lipinski definition) is 6. The molecule has 0 saturated carbocycles. The minimum atomic E-state index is -0.540. The molecule has 0 aliphatic carbocycles. The molecule has 0 bridgehead atoms. The van der Waals surface area contributed by atoms with Gasteiger partial charge in [0.05, 0.1) is 19.4 Å². The fraction of sp³-hybridized carbons (Fsp3) is 0.500. The van der Waals surface area contributed by atoms with Gasteiger partial charge in [0, 0.05) is 31.9 Å². The number of aromatic nitrogens is 1. The first-order chi connectivity index (χ1) is 15.2. The van der Waals surface area contributed by atoms with Gasteiger partial charge in [-0.15, -0.1) is 0 Å². The molecule has 1 aromatic carbocycles. The maximum Gasteiger partial charge on any atom is 0.412 e. The Bertz CT molecular complexity index is 841. The van der Waals surface area contributed by atoms with Gasteiger partial charge in [0.25, 0.3) is 0 Å². The molecule has 1 aromatic heterocycles. The van der Waals surface area contributed by atoms with Gasteiger partial charge in [-0.2, -0.15) is 0 Å². The molecule has 9 nitrogen and oxygen atoms in total. The Labute approximate surface area is 181 Å². The van der Waals surface area contributed by atoms with Crippen LogP contribution in [0.2, 0.25) is 0 Å². The first kappa shape index (κ1) is 21.2. The van der Waals surface area contributed by atoms with Gasteiger partial charge < -0.3 is 23.7 Å². The molecular formula is C22H28N4O5. The first-order valence-electron chi connectivity index (χ1n) is 10.7. The minimum Gasteiger partial charge on any atom is -0.445 e. The lowest BCUT2D eigenvalue weighted by molar-refractivity contribution is 0.0400. The van der Waals surface area contributed by atoms with Crippen LogP contribution >= 0.6 is 0 Å². The van der Waals surface area contributed by atoms with E-state index in [4.69, 9.17) is 13.9 Å². The molecule has 2 aliphatic rings. The van der Waals surface area contributed by atoms with Crippen molar-refractivity contribution in [1.29, 1.82) is 0 Å². The largest absolute Gasteiger partial charge is 0.445 e. The molecule has 3 amide bonds. The van der Waals surface area contributed by atoms with Gasteiger partial charge in [0.2, 0.25) is 0 Å². The van der Waals surface area contributed by atoms with Crippen molar-refractivity contribution in [2.45, 2.75) is 25.9 Å². The molecule has 31 heavy (non-hydrogen) atoms. The Morgan fingerprint density at radius 3 is 2.45 bits per heavy atom. The number of oxazole rings is 1. The third kappa shape index (κ3) is 5.97. The highest BCUT2D eigenvalue weighted by atomic mass is 16.6. The Morgan fingerprint density at radius 1 is 1.06 bits per heavy atom. The molecule has 3 heterocycles. The van der Waals surface area contributed by atoms with Crippen LogP contribution < -0.4 is 5.32 Å². The minimum absolute atomic E-state index is 0.0383. The second-order valence-corrected chi connectivity index (χ2v) is 7.88. The summed E-state index contributed by atoms with van der Waals surface area (Å²) in [6, 6.07) is 7.95. The highest BCUT2D eigenvalue weighted by molar-refractivity contribution is 5.84. The number of carbonyl (C=O) groups excluding carboxylic acids is 2. The van der Waals surface area contributed by atoms with Gasteiger partial charge in [0.1, 0.15) is 0 Å². The summed E-state index contributed by atoms with van der Waals surface area (Å²) in [5.74, 6) is 1.04. The SMILES string of the molecule is O=C(Nc1ccc(CC2CCN(C(=O)N3CCOCC3)CC2)cc1)OCc1cnco1. The molecule has 0 spiro atoms. The number of carbonyl (C=O) groups is 2. The quantitative estimate of drug-likeness (QED) is 0.786. The molecule has 1 N–H and O–H groups in total. The monoisotopic (exact) mass is 428 g/mol. The van der Waals surface area contributed by atoms with Crippen LogP contribution in [-0.2, 0) is 22.5 Å². The van der Waals surface area contributed by atoms with Gasteiger partial charge in [-0.25, -0.2) is 14.6 Å². The number of piperidine rings is 1. The summed E-state index contributed by atoms with van der Waals surface area (Å²) in [6.07, 6.45) is 5.23. The average molecular weight is 428 g/mol. The average Bonchev–Trinajstić information content (AvgIpc) is 3.33. The summed E-state index contributed by atoms with van der Waals surface area (Å²) < 4.78 is 15.4. The van der Waals surface area contributed by atoms with Crippen molar-refractivity contribution >= 4 is 17.8 Å². The van der Waals surface area contributed by atoms with Crippen molar-refractivity contribution in [2.75, 3.05) is 44.7 Å². The van der Waals surface area contributed by atoms with Crippen molar-refractivity contribution < 1.29 is 23.5 Å². The van der Waals surface area contributed by atoms with E-state index in [9.17, 15) is 9.59 Å². The van der Waals surface area contributed by atoms with E-state index in [1.54, 1.807) is 0 Å². The third-order valence-corrected chi connectivity index (χ3v) is 5.72. The first-order valence-corrected chi connectivity index (χ1v) is 10.7. The van der Waals surface area contributed by atoms with Crippen LogP contribution in [0.25, 0.3) is 0 Å². The van der Waals surface area contributed by atoms with E-state index in [0.29, 0.717) is 43.7 Å². The van der Waals surface area contributed by atoms with Crippen molar-refractivity contribution in [2.24, 2.45) is 5.92 Å². The molecule has 0 radical (unpaired) electrons. The highest BCUT2D eigenvalue weighted by Gasteiger charge is 2.27. The zero-order valence-corrected chi connectivity index (χ0v) is 17.5. The van der Waals surface area contributed by atoms with Gasteiger partial charge >= 0.3 is 12.1 Å². The van der Waals surface area contributed by atoms with E-state index in [0.717, 1.165) is 32.4 Å². The van der Waals surface area contributed by atoms with Crippen LogP contribution in [-0.4, -0.2) is 66.3 Å². The van der Waals surface area contributed by atoms with Crippen LogP contribution in [0, 0.1) is 5.92 Å². The zero-order chi connectivity index (χ0) is 21.5. The number of hydrogen-bond donors (Lipinski definition) is 1. The number of amides is 3. The summed E-state index contributed by atoms with van der Waals surface area (Å²) in [6.45, 7) is 4.28. The molecule has 4 rings (SSSR count). The topological polar surface area (TPSA) is 97.1 Å². The maximum atomic E-state index is 12.6. The van der Waals surface area contributed by atoms with Crippen molar-refractivity contribution in [3.05, 3.63) is 48.2 Å². The highest BCUT2D eigenvalue weighted by Crippen LogP contribution is 2.23. The Kier molecular flexibility index (Phi) is 7.03. The number of likely N-dealkylation sites (tertiary alicyclic amines) is 1. The summed E-state index contributed by atoms with van der Waals surface area (Å²) in [5, 5.41) is 2.70. The van der Waals surface area contributed by atoms with Crippen LogP contribution in [0.15, 0.2) is 41.3 Å².